The molecule has 1 N–H and O–H groups in total. The van der Waals surface area contributed by atoms with Crippen LogP contribution in [0.3, 0.4) is 0 Å². The molecule has 0 radical (unpaired) electrons. The molecule has 0 heterocycles. The van der Waals surface area contributed by atoms with Gasteiger partial charge in [-0.05, 0) is 61.4 Å². The van der Waals surface area contributed by atoms with E-state index in [4.69, 9.17) is 23.2 Å². The van der Waals surface area contributed by atoms with Crippen LogP contribution in [0, 0.1) is 0 Å². The maximum Gasteiger partial charge on any atom is 0.0644 e. The average Bonchev–Trinajstić information content (AvgIpc) is 2.50. The maximum absolute atomic E-state index is 6.33. The summed E-state index contributed by atoms with van der Waals surface area (Å²) in [7, 11) is 0. The Kier molecular flexibility index (Phi) is 4.42. The minimum absolute atomic E-state index is 0.129. The molecule has 0 amide bonds. The van der Waals surface area contributed by atoms with Crippen LogP contribution in [0.2, 0.25) is 10.0 Å². The normalized spacial score (nSPS) is 15.4. The number of anilines is 1. The number of hydrogen-bond acceptors (Lipinski definition) is 1. The minimum atomic E-state index is 0.129. The SMILES string of the molecule is CC(Nc1cccc2c1CCCC2)c1cccc(Cl)c1Cl. The zero-order valence-corrected chi connectivity index (χ0v) is 13.6. The topological polar surface area (TPSA) is 12.0 Å². The Morgan fingerprint density at radius 2 is 1.76 bits per heavy atom. The third kappa shape index (κ3) is 3.04. The first-order valence-corrected chi connectivity index (χ1v) is 8.23. The van der Waals surface area contributed by atoms with Gasteiger partial charge in [0.25, 0.3) is 0 Å². The highest BCUT2D eigenvalue weighted by Crippen LogP contribution is 2.34. The van der Waals surface area contributed by atoms with Gasteiger partial charge in [-0.3, -0.25) is 0 Å². The smallest absolute Gasteiger partial charge is 0.0644 e. The van der Waals surface area contributed by atoms with Crippen molar-refractivity contribution in [3.05, 3.63) is 63.1 Å². The van der Waals surface area contributed by atoms with E-state index >= 15 is 0 Å². The molecule has 0 saturated heterocycles. The molecule has 0 aromatic heterocycles. The Labute approximate surface area is 136 Å². The molecule has 3 heteroatoms. The van der Waals surface area contributed by atoms with Crippen LogP contribution < -0.4 is 5.32 Å². The van der Waals surface area contributed by atoms with Gasteiger partial charge in [-0.25, -0.2) is 0 Å². The lowest BCUT2D eigenvalue weighted by Crippen LogP contribution is -2.12. The Morgan fingerprint density at radius 1 is 1.00 bits per heavy atom. The summed E-state index contributed by atoms with van der Waals surface area (Å²) in [6.45, 7) is 2.12. The van der Waals surface area contributed by atoms with E-state index in [0.717, 1.165) is 12.0 Å². The van der Waals surface area contributed by atoms with E-state index in [2.05, 4.69) is 30.4 Å². The van der Waals surface area contributed by atoms with Crippen LogP contribution in [0.25, 0.3) is 0 Å². The molecule has 1 aliphatic rings. The Morgan fingerprint density at radius 3 is 2.62 bits per heavy atom. The van der Waals surface area contributed by atoms with E-state index in [0.29, 0.717) is 10.0 Å². The third-order valence-electron chi connectivity index (χ3n) is 4.22. The Hall–Kier alpha value is -1.18. The van der Waals surface area contributed by atoms with E-state index in [1.165, 1.54) is 36.1 Å². The molecule has 2 aromatic rings. The molecule has 1 atom stereocenters. The van der Waals surface area contributed by atoms with Crippen LogP contribution in [0.1, 0.15) is 42.5 Å². The van der Waals surface area contributed by atoms with Gasteiger partial charge in [0.05, 0.1) is 16.1 Å². The van der Waals surface area contributed by atoms with E-state index < -0.39 is 0 Å². The highest BCUT2D eigenvalue weighted by atomic mass is 35.5. The van der Waals surface area contributed by atoms with Crippen LogP contribution in [0.5, 0.6) is 0 Å². The molecule has 0 bridgehead atoms. The summed E-state index contributed by atoms with van der Waals surface area (Å²) in [4.78, 5) is 0. The van der Waals surface area contributed by atoms with E-state index in [1.807, 2.05) is 18.2 Å². The minimum Gasteiger partial charge on any atom is -0.378 e. The summed E-state index contributed by atoms with van der Waals surface area (Å²) in [5.41, 5.74) is 5.22. The summed E-state index contributed by atoms with van der Waals surface area (Å²) in [6, 6.07) is 12.5. The van der Waals surface area contributed by atoms with Crippen LogP contribution in [0.4, 0.5) is 5.69 Å². The molecule has 0 spiro atoms. The van der Waals surface area contributed by atoms with Crippen LogP contribution >= 0.6 is 23.2 Å². The van der Waals surface area contributed by atoms with Crippen molar-refractivity contribution in [3.63, 3.8) is 0 Å². The van der Waals surface area contributed by atoms with Gasteiger partial charge < -0.3 is 5.32 Å². The fourth-order valence-electron chi connectivity index (χ4n) is 3.08. The van der Waals surface area contributed by atoms with Crippen molar-refractivity contribution in [2.45, 2.75) is 38.6 Å². The summed E-state index contributed by atoms with van der Waals surface area (Å²) in [5.74, 6) is 0. The number of aryl methyl sites for hydroxylation is 1. The highest BCUT2D eigenvalue weighted by molar-refractivity contribution is 6.42. The fourth-order valence-corrected chi connectivity index (χ4v) is 3.55. The largest absolute Gasteiger partial charge is 0.378 e. The van der Waals surface area contributed by atoms with Gasteiger partial charge in [0.2, 0.25) is 0 Å². The molecule has 110 valence electrons. The van der Waals surface area contributed by atoms with Gasteiger partial charge in [0.1, 0.15) is 0 Å². The van der Waals surface area contributed by atoms with Crippen molar-refractivity contribution in [2.75, 3.05) is 5.32 Å². The molecule has 1 aliphatic carbocycles. The standard InChI is InChI=1S/C18H19Cl2N/c1-12(14-9-5-10-16(19)18(14)20)21-17-11-4-7-13-6-2-3-8-15(13)17/h4-5,7,9-12,21H,2-3,6,8H2,1H3. The van der Waals surface area contributed by atoms with Crippen molar-refractivity contribution in [1.29, 1.82) is 0 Å². The Balaban J connectivity index is 1.88. The predicted molar refractivity (Wildman–Crippen MR) is 91.6 cm³/mol. The molecule has 3 rings (SSSR count). The van der Waals surface area contributed by atoms with Crippen molar-refractivity contribution in [3.8, 4) is 0 Å². The average molecular weight is 320 g/mol. The van der Waals surface area contributed by atoms with E-state index in [1.54, 1.807) is 0 Å². The quantitative estimate of drug-likeness (QED) is 0.726. The lowest BCUT2D eigenvalue weighted by Gasteiger charge is -2.24. The number of hydrogen-bond donors (Lipinski definition) is 1. The van der Waals surface area contributed by atoms with E-state index in [-0.39, 0.29) is 6.04 Å². The van der Waals surface area contributed by atoms with Gasteiger partial charge in [-0.15, -0.1) is 0 Å². The molecule has 0 saturated carbocycles. The van der Waals surface area contributed by atoms with Gasteiger partial charge in [-0.2, -0.15) is 0 Å². The number of benzene rings is 2. The fraction of sp³-hybridized carbons (Fsp3) is 0.333. The third-order valence-corrected chi connectivity index (χ3v) is 5.05. The number of rotatable bonds is 3. The monoisotopic (exact) mass is 319 g/mol. The number of halogens is 2. The second-order valence-electron chi connectivity index (χ2n) is 5.66. The first-order chi connectivity index (χ1) is 10.2. The van der Waals surface area contributed by atoms with Gasteiger partial charge in [0, 0.05) is 5.69 Å². The molecule has 1 nitrogen and oxygen atoms in total. The lowest BCUT2D eigenvalue weighted by atomic mass is 9.90. The summed E-state index contributed by atoms with van der Waals surface area (Å²) in [6.07, 6.45) is 4.93. The maximum atomic E-state index is 6.33. The highest BCUT2D eigenvalue weighted by Gasteiger charge is 2.16. The van der Waals surface area contributed by atoms with Crippen LogP contribution in [-0.4, -0.2) is 0 Å². The summed E-state index contributed by atoms with van der Waals surface area (Å²) in [5, 5.41) is 4.86. The molecule has 21 heavy (non-hydrogen) atoms. The van der Waals surface area contributed by atoms with E-state index in [9.17, 15) is 0 Å². The van der Waals surface area contributed by atoms with Gasteiger partial charge in [-0.1, -0.05) is 47.5 Å². The van der Waals surface area contributed by atoms with Crippen molar-refractivity contribution in [2.24, 2.45) is 0 Å². The molecular formula is C18H19Cl2N. The van der Waals surface area contributed by atoms with Gasteiger partial charge in [0.15, 0.2) is 0 Å². The predicted octanol–water partition coefficient (Wildman–Crippen LogP) is 6.05. The first kappa shape index (κ1) is 14.7. The van der Waals surface area contributed by atoms with Crippen LogP contribution in [-0.2, 0) is 12.8 Å². The van der Waals surface area contributed by atoms with Crippen LogP contribution in [0.15, 0.2) is 36.4 Å². The summed E-state index contributed by atoms with van der Waals surface area (Å²) >= 11 is 12.4. The first-order valence-electron chi connectivity index (χ1n) is 7.48. The molecular weight excluding hydrogens is 301 g/mol. The Bertz CT molecular complexity index is 652. The van der Waals surface area contributed by atoms with Gasteiger partial charge >= 0.3 is 0 Å². The second kappa shape index (κ2) is 6.29. The molecule has 1 unspecified atom stereocenters. The zero-order chi connectivity index (χ0) is 14.8. The van der Waals surface area contributed by atoms with Crippen molar-refractivity contribution >= 4 is 28.9 Å². The van der Waals surface area contributed by atoms with Crippen molar-refractivity contribution in [1.82, 2.24) is 0 Å². The number of fused-ring (bicyclic) bond motifs is 1. The molecule has 2 aromatic carbocycles. The molecule has 0 aliphatic heterocycles. The lowest BCUT2D eigenvalue weighted by molar-refractivity contribution is 0.685. The summed E-state index contributed by atoms with van der Waals surface area (Å²) < 4.78 is 0. The van der Waals surface area contributed by atoms with Crippen molar-refractivity contribution < 1.29 is 0 Å². The molecule has 0 fully saturated rings. The second-order valence-corrected chi connectivity index (χ2v) is 6.44. The zero-order valence-electron chi connectivity index (χ0n) is 12.1. The number of nitrogens with one attached hydrogen (secondary N) is 1.